The SMILES string of the molecule is CCNCCN(C)c1c(C)cc(C)cc1OC. The van der Waals surface area contributed by atoms with E-state index in [0.717, 1.165) is 25.4 Å². The minimum Gasteiger partial charge on any atom is -0.495 e. The molecule has 0 saturated carbocycles. The highest BCUT2D eigenvalue weighted by Crippen LogP contribution is 2.32. The second-order valence-corrected chi connectivity index (χ2v) is 4.41. The van der Waals surface area contributed by atoms with Crippen molar-refractivity contribution in [1.29, 1.82) is 0 Å². The van der Waals surface area contributed by atoms with Crippen LogP contribution in [0.25, 0.3) is 0 Å². The maximum absolute atomic E-state index is 5.47. The van der Waals surface area contributed by atoms with Gasteiger partial charge >= 0.3 is 0 Å². The van der Waals surface area contributed by atoms with Crippen LogP contribution in [0.15, 0.2) is 12.1 Å². The van der Waals surface area contributed by atoms with Gasteiger partial charge in [-0.15, -0.1) is 0 Å². The highest BCUT2D eigenvalue weighted by Gasteiger charge is 2.11. The Kier molecular flexibility index (Phi) is 5.29. The molecule has 0 aliphatic heterocycles. The van der Waals surface area contributed by atoms with Gasteiger partial charge in [-0.05, 0) is 37.6 Å². The molecule has 96 valence electrons. The predicted octanol–water partition coefficient (Wildman–Crippen LogP) is 2.36. The maximum atomic E-state index is 5.47. The van der Waals surface area contributed by atoms with Crippen molar-refractivity contribution in [3.63, 3.8) is 0 Å². The molecule has 1 rings (SSSR count). The Morgan fingerprint density at radius 1 is 1.29 bits per heavy atom. The summed E-state index contributed by atoms with van der Waals surface area (Å²) in [6.07, 6.45) is 0. The molecule has 1 aromatic carbocycles. The van der Waals surface area contributed by atoms with Gasteiger partial charge in [0.05, 0.1) is 12.8 Å². The van der Waals surface area contributed by atoms with E-state index >= 15 is 0 Å². The van der Waals surface area contributed by atoms with E-state index in [0.29, 0.717) is 0 Å². The molecular weight excluding hydrogens is 212 g/mol. The largest absolute Gasteiger partial charge is 0.495 e. The number of nitrogens with zero attached hydrogens (tertiary/aromatic N) is 1. The Bertz CT molecular complexity index is 363. The van der Waals surface area contributed by atoms with Gasteiger partial charge in [-0.1, -0.05) is 13.0 Å². The lowest BCUT2D eigenvalue weighted by Gasteiger charge is -2.24. The number of nitrogens with one attached hydrogen (secondary N) is 1. The van der Waals surface area contributed by atoms with Gasteiger partial charge in [0.2, 0.25) is 0 Å². The number of ether oxygens (including phenoxy) is 1. The van der Waals surface area contributed by atoms with Crippen LogP contribution in [0.5, 0.6) is 5.75 Å². The molecule has 0 aromatic heterocycles. The summed E-state index contributed by atoms with van der Waals surface area (Å²) in [4.78, 5) is 2.25. The minimum absolute atomic E-state index is 0.960. The van der Waals surface area contributed by atoms with Crippen LogP contribution in [0.1, 0.15) is 18.1 Å². The van der Waals surface area contributed by atoms with E-state index in [1.807, 2.05) is 0 Å². The number of anilines is 1. The van der Waals surface area contributed by atoms with Gasteiger partial charge < -0.3 is 15.0 Å². The van der Waals surface area contributed by atoms with Gasteiger partial charge in [-0.2, -0.15) is 0 Å². The first-order valence-corrected chi connectivity index (χ1v) is 6.17. The summed E-state index contributed by atoms with van der Waals surface area (Å²) < 4.78 is 5.47. The molecule has 0 atom stereocenters. The van der Waals surface area contributed by atoms with Crippen molar-refractivity contribution in [1.82, 2.24) is 5.32 Å². The van der Waals surface area contributed by atoms with Crippen LogP contribution in [-0.2, 0) is 0 Å². The van der Waals surface area contributed by atoms with Gasteiger partial charge in [0.15, 0.2) is 0 Å². The topological polar surface area (TPSA) is 24.5 Å². The fraction of sp³-hybridized carbons (Fsp3) is 0.571. The lowest BCUT2D eigenvalue weighted by Crippen LogP contribution is -2.29. The number of likely N-dealkylation sites (N-methyl/N-ethyl adjacent to an activating group) is 2. The van der Waals surface area contributed by atoms with Gasteiger partial charge in [-0.3, -0.25) is 0 Å². The van der Waals surface area contributed by atoms with Crippen molar-refractivity contribution >= 4 is 5.69 Å². The number of hydrogen-bond donors (Lipinski definition) is 1. The zero-order valence-electron chi connectivity index (χ0n) is 11.6. The normalized spacial score (nSPS) is 10.4. The Labute approximate surface area is 105 Å². The molecule has 1 N–H and O–H groups in total. The van der Waals surface area contributed by atoms with Crippen LogP contribution in [0, 0.1) is 13.8 Å². The lowest BCUT2D eigenvalue weighted by atomic mass is 10.1. The average Bonchev–Trinajstić information content (AvgIpc) is 2.27. The van der Waals surface area contributed by atoms with E-state index in [1.54, 1.807) is 7.11 Å². The van der Waals surface area contributed by atoms with Gasteiger partial charge in [0.25, 0.3) is 0 Å². The summed E-state index contributed by atoms with van der Waals surface area (Å²) >= 11 is 0. The molecule has 0 aliphatic carbocycles. The third-order valence-corrected chi connectivity index (χ3v) is 2.89. The molecule has 0 spiro atoms. The fourth-order valence-corrected chi connectivity index (χ4v) is 2.10. The first kappa shape index (κ1) is 13.8. The molecule has 0 saturated heterocycles. The Balaban J connectivity index is 2.87. The molecule has 0 heterocycles. The van der Waals surface area contributed by atoms with Crippen LogP contribution in [0.2, 0.25) is 0 Å². The van der Waals surface area contributed by atoms with Crippen LogP contribution < -0.4 is 15.0 Å². The van der Waals surface area contributed by atoms with E-state index < -0.39 is 0 Å². The third-order valence-electron chi connectivity index (χ3n) is 2.89. The highest BCUT2D eigenvalue weighted by molar-refractivity contribution is 5.64. The number of hydrogen-bond acceptors (Lipinski definition) is 3. The van der Waals surface area contributed by atoms with E-state index in [1.165, 1.54) is 16.8 Å². The smallest absolute Gasteiger partial charge is 0.142 e. The molecule has 17 heavy (non-hydrogen) atoms. The number of aryl methyl sites for hydroxylation is 2. The van der Waals surface area contributed by atoms with E-state index in [9.17, 15) is 0 Å². The summed E-state index contributed by atoms with van der Waals surface area (Å²) in [5, 5.41) is 3.33. The van der Waals surface area contributed by atoms with Gasteiger partial charge in [0, 0.05) is 20.1 Å². The first-order chi connectivity index (χ1) is 8.10. The quantitative estimate of drug-likeness (QED) is 0.767. The predicted molar refractivity (Wildman–Crippen MR) is 74.3 cm³/mol. The zero-order chi connectivity index (χ0) is 12.8. The van der Waals surface area contributed by atoms with Crippen LogP contribution in [-0.4, -0.2) is 33.8 Å². The molecule has 0 amide bonds. The first-order valence-electron chi connectivity index (χ1n) is 6.17. The van der Waals surface area contributed by atoms with Crippen LogP contribution in [0.3, 0.4) is 0 Å². The average molecular weight is 236 g/mol. The second kappa shape index (κ2) is 6.50. The second-order valence-electron chi connectivity index (χ2n) is 4.41. The Morgan fingerprint density at radius 3 is 2.59 bits per heavy atom. The molecule has 3 heteroatoms. The van der Waals surface area contributed by atoms with Crippen molar-refractivity contribution in [3.8, 4) is 5.75 Å². The van der Waals surface area contributed by atoms with Crippen LogP contribution >= 0.6 is 0 Å². The number of rotatable bonds is 6. The molecule has 3 nitrogen and oxygen atoms in total. The maximum Gasteiger partial charge on any atom is 0.142 e. The summed E-state index contributed by atoms with van der Waals surface area (Å²) in [6, 6.07) is 4.29. The molecule has 0 unspecified atom stereocenters. The summed E-state index contributed by atoms with van der Waals surface area (Å²) in [5.74, 6) is 0.960. The number of methoxy groups -OCH3 is 1. The standard InChI is InChI=1S/C14H24N2O/c1-6-15-7-8-16(4)14-12(3)9-11(2)10-13(14)17-5/h9-10,15H,6-8H2,1-5H3. The summed E-state index contributed by atoms with van der Waals surface area (Å²) in [7, 11) is 3.84. The van der Waals surface area contributed by atoms with Crippen molar-refractivity contribution in [2.75, 3.05) is 38.7 Å². The zero-order valence-corrected chi connectivity index (χ0v) is 11.6. The molecule has 0 radical (unpaired) electrons. The highest BCUT2D eigenvalue weighted by atomic mass is 16.5. The van der Waals surface area contributed by atoms with Crippen molar-refractivity contribution in [2.45, 2.75) is 20.8 Å². The molecule has 0 aliphatic rings. The van der Waals surface area contributed by atoms with E-state index in [-0.39, 0.29) is 0 Å². The van der Waals surface area contributed by atoms with Gasteiger partial charge in [0.1, 0.15) is 5.75 Å². The fourth-order valence-electron chi connectivity index (χ4n) is 2.10. The van der Waals surface area contributed by atoms with E-state index in [4.69, 9.17) is 4.74 Å². The summed E-state index contributed by atoms with van der Waals surface area (Å²) in [5.41, 5.74) is 3.69. The van der Waals surface area contributed by atoms with E-state index in [2.05, 4.69) is 50.2 Å². The third kappa shape index (κ3) is 3.63. The van der Waals surface area contributed by atoms with Gasteiger partial charge in [-0.25, -0.2) is 0 Å². The molecular formula is C14H24N2O. The summed E-state index contributed by atoms with van der Waals surface area (Å²) in [6.45, 7) is 9.33. The van der Waals surface area contributed by atoms with Crippen molar-refractivity contribution in [2.24, 2.45) is 0 Å². The van der Waals surface area contributed by atoms with Crippen molar-refractivity contribution in [3.05, 3.63) is 23.3 Å². The molecule has 0 bridgehead atoms. The molecule has 0 fully saturated rings. The molecule has 1 aromatic rings. The Morgan fingerprint density at radius 2 is 2.00 bits per heavy atom. The lowest BCUT2D eigenvalue weighted by molar-refractivity contribution is 0.414. The van der Waals surface area contributed by atoms with Crippen molar-refractivity contribution < 1.29 is 4.74 Å². The Hall–Kier alpha value is -1.22. The monoisotopic (exact) mass is 236 g/mol. The number of benzene rings is 1. The van der Waals surface area contributed by atoms with Crippen LogP contribution in [0.4, 0.5) is 5.69 Å². The minimum atomic E-state index is 0.960.